The van der Waals surface area contributed by atoms with E-state index in [-0.39, 0.29) is 11.7 Å². The zero-order valence-corrected chi connectivity index (χ0v) is 10.3. The highest BCUT2D eigenvalue weighted by molar-refractivity contribution is 5.71. The van der Waals surface area contributed by atoms with Crippen LogP contribution in [0.2, 0.25) is 0 Å². The van der Waals surface area contributed by atoms with Crippen LogP contribution in [0.1, 0.15) is 12.1 Å². The van der Waals surface area contributed by atoms with E-state index in [4.69, 9.17) is 5.11 Å². The van der Waals surface area contributed by atoms with E-state index in [2.05, 4.69) is 4.98 Å². The molecule has 0 saturated carbocycles. The molecule has 5 nitrogen and oxygen atoms in total. The van der Waals surface area contributed by atoms with Crippen LogP contribution < -0.4 is 0 Å². The number of carbonyl (C=O) groups is 1. The summed E-state index contributed by atoms with van der Waals surface area (Å²) in [6.07, 6.45) is 2.80. The van der Waals surface area contributed by atoms with E-state index in [0.29, 0.717) is 30.8 Å². The van der Waals surface area contributed by atoms with Gasteiger partial charge in [-0.2, -0.15) is 0 Å². The minimum Gasteiger partial charge on any atom is -0.507 e. The lowest BCUT2D eigenvalue weighted by molar-refractivity contribution is -0.142. The number of fused-ring (bicyclic) bond motifs is 1. The SMILES string of the molecule is O=C(O)C1CCn2c(cnc2-c2ccccc2O)C1. The fourth-order valence-corrected chi connectivity index (χ4v) is 2.55. The van der Waals surface area contributed by atoms with Crippen LogP contribution in [0, 0.1) is 5.92 Å². The van der Waals surface area contributed by atoms with Gasteiger partial charge in [0.2, 0.25) is 0 Å². The van der Waals surface area contributed by atoms with E-state index in [0.717, 1.165) is 5.69 Å². The number of rotatable bonds is 2. The molecule has 0 aliphatic carbocycles. The lowest BCUT2D eigenvalue weighted by Crippen LogP contribution is -2.25. The summed E-state index contributed by atoms with van der Waals surface area (Å²) in [4.78, 5) is 15.4. The van der Waals surface area contributed by atoms with Gasteiger partial charge < -0.3 is 14.8 Å². The predicted molar refractivity (Wildman–Crippen MR) is 68.8 cm³/mol. The van der Waals surface area contributed by atoms with Gasteiger partial charge in [-0.15, -0.1) is 0 Å². The number of hydrogen-bond acceptors (Lipinski definition) is 3. The van der Waals surface area contributed by atoms with Crippen molar-refractivity contribution in [3.05, 3.63) is 36.2 Å². The highest BCUT2D eigenvalue weighted by Crippen LogP contribution is 2.31. The molecule has 2 heterocycles. The third-order valence-electron chi connectivity index (χ3n) is 3.59. The summed E-state index contributed by atoms with van der Waals surface area (Å²) < 4.78 is 1.99. The van der Waals surface area contributed by atoms with Gasteiger partial charge in [0.1, 0.15) is 11.6 Å². The molecule has 98 valence electrons. The normalized spacial score (nSPS) is 18.0. The maximum atomic E-state index is 11.0. The van der Waals surface area contributed by atoms with Crippen molar-refractivity contribution in [2.75, 3.05) is 0 Å². The molecule has 0 saturated heterocycles. The molecule has 1 atom stereocenters. The first-order valence-corrected chi connectivity index (χ1v) is 6.22. The van der Waals surface area contributed by atoms with Gasteiger partial charge in [-0.05, 0) is 18.6 Å². The maximum Gasteiger partial charge on any atom is 0.306 e. The van der Waals surface area contributed by atoms with Crippen LogP contribution in [0.3, 0.4) is 0 Å². The van der Waals surface area contributed by atoms with Crippen LogP contribution in [0.4, 0.5) is 0 Å². The number of carboxylic acid groups (broad SMARTS) is 1. The lowest BCUT2D eigenvalue weighted by atomic mass is 9.96. The average Bonchev–Trinajstić information content (AvgIpc) is 2.82. The van der Waals surface area contributed by atoms with E-state index >= 15 is 0 Å². The molecular formula is C14H14N2O3. The number of phenolic OH excluding ortho intramolecular Hbond substituents is 1. The Morgan fingerprint density at radius 1 is 1.37 bits per heavy atom. The van der Waals surface area contributed by atoms with E-state index in [9.17, 15) is 9.90 Å². The minimum absolute atomic E-state index is 0.191. The topological polar surface area (TPSA) is 75.3 Å². The van der Waals surface area contributed by atoms with Gasteiger partial charge >= 0.3 is 5.97 Å². The summed E-state index contributed by atoms with van der Waals surface area (Å²) in [7, 11) is 0. The number of nitrogens with zero attached hydrogens (tertiary/aromatic N) is 2. The molecule has 0 radical (unpaired) electrons. The molecule has 0 bridgehead atoms. The maximum absolute atomic E-state index is 11.0. The van der Waals surface area contributed by atoms with Crippen molar-refractivity contribution in [2.45, 2.75) is 19.4 Å². The zero-order valence-electron chi connectivity index (χ0n) is 10.3. The molecule has 5 heteroatoms. The number of aromatic hydroxyl groups is 1. The smallest absolute Gasteiger partial charge is 0.306 e. The third-order valence-corrected chi connectivity index (χ3v) is 3.59. The molecule has 1 aliphatic heterocycles. The standard InChI is InChI=1S/C14H14N2O3/c17-12-4-2-1-3-11(12)13-15-8-10-7-9(14(18)19)5-6-16(10)13/h1-4,8-9,17H,5-7H2,(H,18,19). The van der Waals surface area contributed by atoms with Gasteiger partial charge in [0, 0.05) is 24.9 Å². The average molecular weight is 258 g/mol. The van der Waals surface area contributed by atoms with E-state index < -0.39 is 5.97 Å². The lowest BCUT2D eigenvalue weighted by Gasteiger charge is -2.22. The van der Waals surface area contributed by atoms with Crippen LogP contribution >= 0.6 is 0 Å². The highest BCUT2D eigenvalue weighted by Gasteiger charge is 2.26. The molecule has 0 spiro atoms. The second kappa shape index (κ2) is 4.42. The molecular weight excluding hydrogens is 244 g/mol. The van der Waals surface area contributed by atoms with E-state index in [1.165, 1.54) is 0 Å². The van der Waals surface area contributed by atoms with Crippen molar-refractivity contribution >= 4 is 5.97 Å². The number of imidazole rings is 1. The Kier molecular flexibility index (Phi) is 2.74. The summed E-state index contributed by atoms with van der Waals surface area (Å²) in [6.45, 7) is 0.621. The van der Waals surface area contributed by atoms with Gasteiger partial charge in [0.25, 0.3) is 0 Å². The first kappa shape index (κ1) is 11.8. The van der Waals surface area contributed by atoms with Crippen molar-refractivity contribution in [3.63, 3.8) is 0 Å². The summed E-state index contributed by atoms with van der Waals surface area (Å²) in [5, 5.41) is 18.9. The Bertz CT molecular complexity index is 633. The van der Waals surface area contributed by atoms with Crippen LogP contribution in [0.5, 0.6) is 5.75 Å². The van der Waals surface area contributed by atoms with Crippen molar-refractivity contribution in [3.8, 4) is 17.1 Å². The fourth-order valence-electron chi connectivity index (χ4n) is 2.55. The van der Waals surface area contributed by atoms with Crippen molar-refractivity contribution in [2.24, 2.45) is 5.92 Å². The summed E-state index contributed by atoms with van der Waals surface area (Å²) in [5.74, 6) is -0.189. The third kappa shape index (κ3) is 1.97. The number of benzene rings is 1. The number of para-hydroxylation sites is 1. The number of hydrogen-bond donors (Lipinski definition) is 2. The van der Waals surface area contributed by atoms with Gasteiger partial charge in [0.15, 0.2) is 0 Å². The Labute approximate surface area is 110 Å². The molecule has 1 aliphatic rings. The summed E-state index contributed by atoms with van der Waals surface area (Å²) in [5.41, 5.74) is 1.60. The molecule has 1 unspecified atom stereocenters. The van der Waals surface area contributed by atoms with Gasteiger partial charge in [-0.3, -0.25) is 4.79 Å². The van der Waals surface area contributed by atoms with Gasteiger partial charge in [-0.25, -0.2) is 4.98 Å². The van der Waals surface area contributed by atoms with Crippen LogP contribution in [0.25, 0.3) is 11.4 Å². The molecule has 1 aromatic heterocycles. The number of aliphatic carboxylic acids is 1. The van der Waals surface area contributed by atoms with Crippen molar-refractivity contribution in [1.29, 1.82) is 0 Å². The quantitative estimate of drug-likeness (QED) is 0.862. The number of aromatic nitrogens is 2. The second-order valence-corrected chi connectivity index (χ2v) is 4.77. The van der Waals surface area contributed by atoms with Crippen LogP contribution in [-0.4, -0.2) is 25.7 Å². The molecule has 19 heavy (non-hydrogen) atoms. The largest absolute Gasteiger partial charge is 0.507 e. The van der Waals surface area contributed by atoms with Crippen LogP contribution in [-0.2, 0) is 17.8 Å². The Balaban J connectivity index is 2.00. The van der Waals surface area contributed by atoms with Gasteiger partial charge in [0.05, 0.1) is 11.5 Å². The van der Waals surface area contributed by atoms with Crippen LogP contribution in [0.15, 0.2) is 30.5 Å². The summed E-state index contributed by atoms with van der Waals surface area (Å²) >= 11 is 0. The van der Waals surface area contributed by atoms with E-state index in [1.54, 1.807) is 18.3 Å². The second-order valence-electron chi connectivity index (χ2n) is 4.77. The number of phenols is 1. The predicted octanol–water partition coefficient (Wildman–Crippen LogP) is 1.90. The van der Waals surface area contributed by atoms with Gasteiger partial charge in [-0.1, -0.05) is 12.1 Å². The minimum atomic E-state index is -0.753. The molecule has 3 rings (SSSR count). The molecule has 2 aromatic rings. The summed E-state index contributed by atoms with van der Waals surface area (Å²) in [6, 6.07) is 7.05. The monoisotopic (exact) mass is 258 g/mol. The molecule has 0 fully saturated rings. The Hall–Kier alpha value is -2.30. The van der Waals surface area contributed by atoms with Crippen molar-refractivity contribution < 1.29 is 15.0 Å². The number of carboxylic acids is 1. The molecule has 1 aromatic carbocycles. The first-order valence-electron chi connectivity index (χ1n) is 6.22. The molecule has 0 amide bonds. The molecule has 2 N–H and O–H groups in total. The zero-order chi connectivity index (χ0) is 13.4. The fraction of sp³-hybridized carbons (Fsp3) is 0.286. The van der Waals surface area contributed by atoms with E-state index in [1.807, 2.05) is 16.7 Å². The Morgan fingerprint density at radius 2 is 2.16 bits per heavy atom. The van der Waals surface area contributed by atoms with Crippen molar-refractivity contribution in [1.82, 2.24) is 9.55 Å². The Morgan fingerprint density at radius 3 is 2.89 bits per heavy atom. The highest BCUT2D eigenvalue weighted by atomic mass is 16.4. The first-order chi connectivity index (χ1) is 9.16.